The molecule has 1 aromatic rings. The summed E-state index contributed by atoms with van der Waals surface area (Å²) < 4.78 is 53.5. The highest BCUT2D eigenvalue weighted by Gasteiger charge is 2.26. The highest BCUT2D eigenvalue weighted by atomic mass is 19.4. The Morgan fingerprint density at radius 1 is 1.22 bits per heavy atom. The summed E-state index contributed by atoms with van der Waals surface area (Å²) in [6.07, 6.45) is -5.59. The summed E-state index contributed by atoms with van der Waals surface area (Å²) in [5, 5.41) is 17.7. The zero-order chi connectivity index (χ0) is 13.8. The summed E-state index contributed by atoms with van der Waals surface area (Å²) in [6.45, 7) is -0.304. The van der Waals surface area contributed by atoms with Gasteiger partial charge in [0.1, 0.15) is 0 Å². The molecule has 0 saturated carbocycles. The van der Waals surface area contributed by atoms with Crippen molar-refractivity contribution in [2.75, 3.05) is 6.61 Å². The Bertz CT molecular complexity index is 395. The van der Waals surface area contributed by atoms with Crippen LogP contribution >= 0.6 is 0 Å². The van der Waals surface area contributed by atoms with E-state index in [9.17, 15) is 17.6 Å². The van der Waals surface area contributed by atoms with E-state index in [1.807, 2.05) is 0 Å². The van der Waals surface area contributed by atoms with Gasteiger partial charge < -0.3 is 14.8 Å². The predicted octanol–water partition coefficient (Wildman–Crippen LogP) is 1.23. The second-order valence-corrected chi connectivity index (χ2v) is 3.63. The molecular weight excluding hydrogens is 255 g/mol. The highest BCUT2D eigenvalue weighted by molar-refractivity contribution is 6.58. The fourth-order valence-electron chi connectivity index (χ4n) is 1.25. The molecule has 0 unspecified atom stereocenters. The molecule has 0 atom stereocenters. The smallest absolute Gasteiger partial charge is 0.488 e. The van der Waals surface area contributed by atoms with Crippen LogP contribution in [0.25, 0.3) is 0 Å². The Morgan fingerprint density at radius 3 is 2.44 bits per heavy atom. The SMILES string of the molecule is OB(O)c1ccc(F)c(OCCCC(F)(F)F)c1. The van der Waals surface area contributed by atoms with Crippen LogP contribution in [0.5, 0.6) is 5.75 Å². The minimum atomic E-state index is -4.27. The van der Waals surface area contributed by atoms with Gasteiger partial charge in [-0.3, -0.25) is 0 Å². The summed E-state index contributed by atoms with van der Waals surface area (Å²) in [6, 6.07) is 3.13. The minimum Gasteiger partial charge on any atom is -0.491 e. The largest absolute Gasteiger partial charge is 0.491 e. The van der Waals surface area contributed by atoms with Gasteiger partial charge in [0.15, 0.2) is 11.6 Å². The molecule has 0 bridgehead atoms. The van der Waals surface area contributed by atoms with E-state index < -0.39 is 25.5 Å². The molecule has 1 aromatic carbocycles. The van der Waals surface area contributed by atoms with E-state index in [4.69, 9.17) is 14.8 Å². The van der Waals surface area contributed by atoms with Gasteiger partial charge in [0.2, 0.25) is 0 Å². The third-order valence-electron chi connectivity index (χ3n) is 2.12. The summed E-state index contributed by atoms with van der Waals surface area (Å²) in [7, 11) is -1.79. The van der Waals surface area contributed by atoms with E-state index in [0.717, 1.165) is 18.2 Å². The van der Waals surface area contributed by atoms with E-state index in [1.54, 1.807) is 0 Å². The number of hydrogen-bond donors (Lipinski definition) is 2. The van der Waals surface area contributed by atoms with E-state index in [1.165, 1.54) is 0 Å². The molecule has 0 heterocycles. The summed E-state index contributed by atoms with van der Waals surface area (Å²) in [5.41, 5.74) is 0.00206. The molecule has 18 heavy (non-hydrogen) atoms. The van der Waals surface area contributed by atoms with Gasteiger partial charge in [0.25, 0.3) is 0 Å². The van der Waals surface area contributed by atoms with Crippen LogP contribution in [0.4, 0.5) is 17.6 Å². The van der Waals surface area contributed by atoms with Gasteiger partial charge in [-0.05, 0) is 24.0 Å². The fraction of sp³-hybridized carbons (Fsp3) is 0.400. The first kappa shape index (κ1) is 14.8. The number of rotatable bonds is 5. The topological polar surface area (TPSA) is 49.7 Å². The van der Waals surface area contributed by atoms with Crippen molar-refractivity contribution in [3.8, 4) is 5.75 Å². The van der Waals surface area contributed by atoms with Crippen LogP contribution in [0.15, 0.2) is 18.2 Å². The molecular formula is C10H11BF4O3. The molecule has 0 aliphatic rings. The van der Waals surface area contributed by atoms with Gasteiger partial charge in [0.05, 0.1) is 6.61 Å². The zero-order valence-electron chi connectivity index (χ0n) is 9.25. The Morgan fingerprint density at radius 2 is 1.89 bits per heavy atom. The van der Waals surface area contributed by atoms with Crippen molar-refractivity contribution in [2.45, 2.75) is 19.0 Å². The third kappa shape index (κ3) is 4.93. The van der Waals surface area contributed by atoms with Crippen LogP contribution < -0.4 is 10.2 Å². The Hall–Kier alpha value is -1.28. The number of benzene rings is 1. The van der Waals surface area contributed by atoms with Crippen LogP contribution in [-0.2, 0) is 0 Å². The first-order chi connectivity index (χ1) is 8.29. The van der Waals surface area contributed by atoms with Crippen LogP contribution in [0.2, 0.25) is 0 Å². The van der Waals surface area contributed by atoms with Crippen LogP contribution in [0.1, 0.15) is 12.8 Å². The predicted molar refractivity (Wildman–Crippen MR) is 57.0 cm³/mol. The average Bonchev–Trinajstić information content (AvgIpc) is 2.24. The molecule has 0 amide bonds. The monoisotopic (exact) mass is 266 g/mol. The van der Waals surface area contributed by atoms with Crippen molar-refractivity contribution in [1.29, 1.82) is 0 Å². The normalized spacial score (nSPS) is 11.4. The van der Waals surface area contributed by atoms with Crippen LogP contribution in [-0.4, -0.2) is 29.9 Å². The second-order valence-electron chi connectivity index (χ2n) is 3.63. The average molecular weight is 266 g/mol. The van der Waals surface area contributed by atoms with Gasteiger partial charge in [-0.15, -0.1) is 0 Å². The van der Waals surface area contributed by atoms with Crippen molar-refractivity contribution in [1.82, 2.24) is 0 Å². The maximum Gasteiger partial charge on any atom is 0.488 e. The second kappa shape index (κ2) is 6.06. The molecule has 0 aliphatic carbocycles. The van der Waals surface area contributed by atoms with Crippen LogP contribution in [0, 0.1) is 5.82 Å². The lowest BCUT2D eigenvalue weighted by atomic mass is 9.80. The lowest BCUT2D eigenvalue weighted by Gasteiger charge is -2.10. The van der Waals surface area contributed by atoms with Gasteiger partial charge in [-0.25, -0.2) is 4.39 Å². The molecule has 0 radical (unpaired) electrons. The lowest BCUT2D eigenvalue weighted by molar-refractivity contribution is -0.136. The molecule has 2 N–H and O–H groups in total. The van der Waals surface area contributed by atoms with Crippen molar-refractivity contribution in [2.24, 2.45) is 0 Å². The standard InChI is InChI=1S/C10H11BF4O3/c12-8-3-2-7(11(16)17)6-9(8)18-5-1-4-10(13,14)15/h2-3,6,16-17H,1,4-5H2. The maximum atomic E-state index is 13.2. The van der Waals surface area contributed by atoms with Gasteiger partial charge >= 0.3 is 13.3 Å². The fourth-order valence-corrected chi connectivity index (χ4v) is 1.25. The first-order valence-electron chi connectivity index (χ1n) is 5.15. The number of ether oxygens (including phenoxy) is 1. The van der Waals surface area contributed by atoms with E-state index >= 15 is 0 Å². The van der Waals surface area contributed by atoms with Crippen molar-refractivity contribution in [3.05, 3.63) is 24.0 Å². The summed E-state index contributed by atoms with van der Waals surface area (Å²) in [4.78, 5) is 0. The molecule has 0 aliphatic heterocycles. The molecule has 0 fully saturated rings. The molecule has 3 nitrogen and oxygen atoms in total. The highest BCUT2D eigenvalue weighted by Crippen LogP contribution is 2.22. The lowest BCUT2D eigenvalue weighted by Crippen LogP contribution is -2.29. The van der Waals surface area contributed by atoms with E-state index in [-0.39, 0.29) is 24.2 Å². The van der Waals surface area contributed by atoms with Crippen LogP contribution in [0.3, 0.4) is 0 Å². The van der Waals surface area contributed by atoms with E-state index in [2.05, 4.69) is 0 Å². The van der Waals surface area contributed by atoms with Crippen molar-refractivity contribution < 1.29 is 32.3 Å². The van der Waals surface area contributed by atoms with Crippen molar-refractivity contribution in [3.63, 3.8) is 0 Å². The van der Waals surface area contributed by atoms with Crippen molar-refractivity contribution >= 4 is 12.6 Å². The van der Waals surface area contributed by atoms with Gasteiger partial charge in [0, 0.05) is 6.42 Å². The summed E-state index contributed by atoms with van der Waals surface area (Å²) >= 11 is 0. The molecule has 0 saturated heterocycles. The molecule has 0 aromatic heterocycles. The molecule has 1 rings (SSSR count). The van der Waals surface area contributed by atoms with Gasteiger partial charge in [-0.1, -0.05) is 6.07 Å². The third-order valence-corrected chi connectivity index (χ3v) is 2.12. The Balaban J connectivity index is 2.54. The summed E-state index contributed by atoms with van der Waals surface area (Å²) in [5.74, 6) is -1.07. The Labute approximate surface area is 101 Å². The van der Waals surface area contributed by atoms with E-state index in [0.29, 0.717) is 0 Å². The van der Waals surface area contributed by atoms with Gasteiger partial charge in [-0.2, -0.15) is 13.2 Å². The molecule has 0 spiro atoms. The quantitative estimate of drug-likeness (QED) is 0.478. The molecule has 100 valence electrons. The number of hydrogen-bond acceptors (Lipinski definition) is 3. The minimum absolute atomic E-state index is 0.00206. The maximum absolute atomic E-state index is 13.2. The number of halogens is 4. The number of alkyl halides is 3. The zero-order valence-corrected chi connectivity index (χ0v) is 9.25. The molecule has 8 heteroatoms. The Kier molecular flexibility index (Phi) is 4.98. The first-order valence-corrected chi connectivity index (χ1v) is 5.15.